The quantitative estimate of drug-likeness (QED) is 0.897. The molecule has 2 aromatic rings. The minimum atomic E-state index is -0.741. The van der Waals surface area contributed by atoms with Crippen LogP contribution in [0.1, 0.15) is 23.3 Å². The average Bonchev–Trinajstić information content (AvgIpc) is 2.39. The van der Waals surface area contributed by atoms with Crippen LogP contribution in [0.25, 0.3) is 0 Å². The molecule has 0 saturated heterocycles. The molecule has 0 saturated carbocycles. The number of rotatable bonds is 4. The van der Waals surface area contributed by atoms with Gasteiger partial charge in [-0.1, -0.05) is 33.6 Å². The SMILES string of the molecule is NCC(c1ccccn1)C(O)c1cc(Cl)cc(Br)c1. The minimum Gasteiger partial charge on any atom is -0.388 e. The molecule has 5 heteroatoms. The van der Waals surface area contributed by atoms with Crippen molar-refractivity contribution in [2.24, 2.45) is 5.73 Å². The average molecular weight is 342 g/mol. The van der Waals surface area contributed by atoms with Gasteiger partial charge in [0.2, 0.25) is 0 Å². The molecule has 0 radical (unpaired) electrons. The monoisotopic (exact) mass is 340 g/mol. The molecule has 100 valence electrons. The standard InChI is InChI=1S/C14H14BrClN2O/c15-10-5-9(6-11(16)7-10)14(19)12(8-17)13-3-1-2-4-18-13/h1-7,12,14,19H,8,17H2. The molecular formula is C14H14BrClN2O. The number of aromatic nitrogens is 1. The number of nitrogens with zero attached hydrogens (tertiary/aromatic N) is 1. The Kier molecular flexibility index (Phi) is 4.93. The Morgan fingerprint density at radius 3 is 2.68 bits per heavy atom. The van der Waals surface area contributed by atoms with Crippen molar-refractivity contribution in [1.29, 1.82) is 0 Å². The van der Waals surface area contributed by atoms with E-state index >= 15 is 0 Å². The zero-order valence-electron chi connectivity index (χ0n) is 10.1. The number of pyridine rings is 1. The van der Waals surface area contributed by atoms with Gasteiger partial charge in [-0.15, -0.1) is 0 Å². The van der Waals surface area contributed by atoms with E-state index in [2.05, 4.69) is 20.9 Å². The summed E-state index contributed by atoms with van der Waals surface area (Å²) in [4.78, 5) is 4.26. The zero-order chi connectivity index (χ0) is 13.8. The van der Waals surface area contributed by atoms with Crippen molar-refractivity contribution < 1.29 is 5.11 Å². The first kappa shape index (κ1) is 14.5. The maximum Gasteiger partial charge on any atom is 0.0886 e. The van der Waals surface area contributed by atoms with E-state index in [0.29, 0.717) is 11.6 Å². The summed E-state index contributed by atoms with van der Waals surface area (Å²) in [5, 5.41) is 11.1. The first-order chi connectivity index (χ1) is 9.11. The van der Waals surface area contributed by atoms with E-state index in [1.54, 1.807) is 18.3 Å². The molecular weight excluding hydrogens is 328 g/mol. The van der Waals surface area contributed by atoms with E-state index in [-0.39, 0.29) is 5.92 Å². The molecule has 1 aromatic carbocycles. The van der Waals surface area contributed by atoms with Crippen molar-refractivity contribution in [1.82, 2.24) is 4.98 Å². The predicted molar refractivity (Wildman–Crippen MR) is 80.1 cm³/mol. The molecule has 0 spiro atoms. The Hall–Kier alpha value is -0.940. The van der Waals surface area contributed by atoms with E-state index in [9.17, 15) is 5.11 Å². The van der Waals surface area contributed by atoms with Crippen LogP contribution in [-0.4, -0.2) is 16.6 Å². The third kappa shape index (κ3) is 3.54. The van der Waals surface area contributed by atoms with E-state index in [1.165, 1.54) is 0 Å². The highest BCUT2D eigenvalue weighted by Crippen LogP contribution is 2.32. The lowest BCUT2D eigenvalue weighted by atomic mass is 9.92. The molecule has 2 unspecified atom stereocenters. The fraction of sp³-hybridized carbons (Fsp3) is 0.214. The van der Waals surface area contributed by atoms with Gasteiger partial charge in [0.05, 0.1) is 6.10 Å². The first-order valence-electron chi connectivity index (χ1n) is 5.87. The van der Waals surface area contributed by atoms with Crippen LogP contribution < -0.4 is 5.73 Å². The van der Waals surface area contributed by atoms with Crippen LogP contribution in [0.5, 0.6) is 0 Å². The Morgan fingerprint density at radius 1 is 1.32 bits per heavy atom. The van der Waals surface area contributed by atoms with Crippen LogP contribution in [0.15, 0.2) is 47.1 Å². The fourth-order valence-electron chi connectivity index (χ4n) is 1.98. The summed E-state index contributed by atoms with van der Waals surface area (Å²) >= 11 is 9.37. The van der Waals surface area contributed by atoms with Crippen molar-refractivity contribution in [2.45, 2.75) is 12.0 Å². The van der Waals surface area contributed by atoms with Crippen LogP contribution in [0.4, 0.5) is 0 Å². The summed E-state index contributed by atoms with van der Waals surface area (Å²) in [5.41, 5.74) is 7.27. The third-order valence-electron chi connectivity index (χ3n) is 2.93. The predicted octanol–water partition coefficient (Wildman–Crippen LogP) is 3.27. The van der Waals surface area contributed by atoms with Crippen molar-refractivity contribution in [3.05, 3.63) is 63.3 Å². The van der Waals surface area contributed by atoms with Gasteiger partial charge in [0.25, 0.3) is 0 Å². The van der Waals surface area contributed by atoms with Gasteiger partial charge in [0.1, 0.15) is 0 Å². The summed E-state index contributed by atoms with van der Waals surface area (Å²) in [6, 6.07) is 10.9. The van der Waals surface area contributed by atoms with Gasteiger partial charge in [0.15, 0.2) is 0 Å². The summed E-state index contributed by atoms with van der Waals surface area (Å²) in [7, 11) is 0. The maximum absolute atomic E-state index is 10.5. The molecule has 19 heavy (non-hydrogen) atoms. The zero-order valence-corrected chi connectivity index (χ0v) is 12.5. The maximum atomic E-state index is 10.5. The number of hydrogen-bond acceptors (Lipinski definition) is 3. The lowest BCUT2D eigenvalue weighted by molar-refractivity contribution is 0.145. The molecule has 2 atom stereocenters. The third-order valence-corrected chi connectivity index (χ3v) is 3.61. The molecule has 0 aliphatic carbocycles. The second-order valence-corrected chi connectivity index (χ2v) is 5.60. The van der Waals surface area contributed by atoms with Gasteiger partial charge in [0, 0.05) is 33.8 Å². The molecule has 3 N–H and O–H groups in total. The topological polar surface area (TPSA) is 59.1 Å². The highest BCUT2D eigenvalue weighted by atomic mass is 79.9. The molecule has 0 amide bonds. The number of hydrogen-bond donors (Lipinski definition) is 2. The summed E-state index contributed by atoms with van der Waals surface area (Å²) < 4.78 is 0.825. The number of aliphatic hydroxyl groups is 1. The Balaban J connectivity index is 2.33. The molecule has 1 aromatic heterocycles. The first-order valence-corrected chi connectivity index (χ1v) is 7.04. The van der Waals surface area contributed by atoms with Gasteiger partial charge in [-0.2, -0.15) is 0 Å². The van der Waals surface area contributed by atoms with E-state index in [1.807, 2.05) is 24.3 Å². The van der Waals surface area contributed by atoms with E-state index < -0.39 is 6.10 Å². The number of nitrogens with two attached hydrogens (primary N) is 1. The van der Waals surface area contributed by atoms with Gasteiger partial charge in [-0.05, 0) is 35.9 Å². The van der Waals surface area contributed by atoms with E-state index in [4.69, 9.17) is 17.3 Å². The van der Waals surface area contributed by atoms with Crippen LogP contribution in [0, 0.1) is 0 Å². The molecule has 0 fully saturated rings. The Morgan fingerprint density at radius 2 is 2.11 bits per heavy atom. The van der Waals surface area contributed by atoms with Crippen molar-refractivity contribution in [3.63, 3.8) is 0 Å². The summed E-state index contributed by atoms with van der Waals surface area (Å²) in [5.74, 6) is -0.258. The van der Waals surface area contributed by atoms with Gasteiger partial charge in [-0.3, -0.25) is 4.98 Å². The second kappa shape index (κ2) is 6.48. The molecule has 0 aliphatic heterocycles. The van der Waals surface area contributed by atoms with Gasteiger partial charge in [-0.25, -0.2) is 0 Å². The second-order valence-electron chi connectivity index (χ2n) is 4.24. The Labute approximate surface area is 125 Å². The fourth-order valence-corrected chi connectivity index (χ4v) is 2.87. The number of aliphatic hydroxyl groups excluding tert-OH is 1. The largest absolute Gasteiger partial charge is 0.388 e. The summed E-state index contributed by atoms with van der Waals surface area (Å²) in [6.07, 6.45) is 0.952. The number of benzene rings is 1. The normalized spacial score (nSPS) is 14.1. The highest BCUT2D eigenvalue weighted by molar-refractivity contribution is 9.10. The molecule has 2 rings (SSSR count). The van der Waals surface area contributed by atoms with Gasteiger partial charge >= 0.3 is 0 Å². The van der Waals surface area contributed by atoms with Crippen LogP contribution >= 0.6 is 27.5 Å². The van der Waals surface area contributed by atoms with Gasteiger partial charge < -0.3 is 10.8 Å². The molecule has 0 bridgehead atoms. The lowest BCUT2D eigenvalue weighted by Crippen LogP contribution is -2.21. The lowest BCUT2D eigenvalue weighted by Gasteiger charge is -2.21. The van der Waals surface area contributed by atoms with Crippen LogP contribution in [0.2, 0.25) is 5.02 Å². The highest BCUT2D eigenvalue weighted by Gasteiger charge is 2.23. The molecule has 3 nitrogen and oxygen atoms in total. The number of halogens is 2. The molecule has 0 aliphatic rings. The molecule has 1 heterocycles. The van der Waals surface area contributed by atoms with Crippen LogP contribution in [0.3, 0.4) is 0 Å². The smallest absolute Gasteiger partial charge is 0.0886 e. The minimum absolute atomic E-state index is 0.258. The van der Waals surface area contributed by atoms with Crippen molar-refractivity contribution in [2.75, 3.05) is 6.54 Å². The Bertz CT molecular complexity index is 530. The van der Waals surface area contributed by atoms with Crippen molar-refractivity contribution >= 4 is 27.5 Å². The summed E-state index contributed by atoms with van der Waals surface area (Å²) in [6.45, 7) is 0.308. The van der Waals surface area contributed by atoms with E-state index in [0.717, 1.165) is 15.7 Å². The van der Waals surface area contributed by atoms with Crippen molar-refractivity contribution in [3.8, 4) is 0 Å². The van der Waals surface area contributed by atoms with Crippen LogP contribution in [-0.2, 0) is 0 Å².